The molecule has 2 rings (SSSR count). The zero-order valence-electron chi connectivity index (χ0n) is 16.6. The molecule has 0 aromatic rings. The second kappa shape index (κ2) is 9.38. The molecule has 154 valence electrons. The topological polar surface area (TPSA) is 91.8 Å². The van der Waals surface area contributed by atoms with Crippen LogP contribution in [0.3, 0.4) is 0 Å². The summed E-state index contributed by atoms with van der Waals surface area (Å²) in [6.07, 6.45) is 6.20. The van der Waals surface area contributed by atoms with Gasteiger partial charge in [0.1, 0.15) is 0 Å². The van der Waals surface area contributed by atoms with Crippen LogP contribution in [0.5, 0.6) is 0 Å². The highest BCUT2D eigenvalue weighted by atomic mass is 127. The Hall–Kier alpha value is -0.130. The number of nitrogens with one attached hydrogen (secondary N) is 3. The maximum atomic E-state index is 11.5. The first kappa shape index (κ1) is 23.9. The van der Waals surface area contributed by atoms with E-state index in [1.54, 1.807) is 0 Å². The van der Waals surface area contributed by atoms with Gasteiger partial charge in [0.15, 0.2) is 5.96 Å². The summed E-state index contributed by atoms with van der Waals surface area (Å²) >= 11 is 0. The number of hydrogen-bond donors (Lipinski definition) is 3. The van der Waals surface area contributed by atoms with Gasteiger partial charge in [-0.15, -0.1) is 24.0 Å². The molecule has 2 unspecified atom stereocenters. The molecule has 0 radical (unpaired) electrons. The quantitative estimate of drug-likeness (QED) is 0.268. The van der Waals surface area contributed by atoms with Gasteiger partial charge in [-0.05, 0) is 47.0 Å². The zero-order chi connectivity index (χ0) is 18.7. The summed E-state index contributed by atoms with van der Waals surface area (Å²) in [6, 6.07) is 0.376. The lowest BCUT2D eigenvalue weighted by Crippen LogP contribution is -2.68. The summed E-state index contributed by atoms with van der Waals surface area (Å²) in [5.41, 5.74) is -0.371. The normalized spacial score (nSPS) is 25.0. The maximum Gasteiger partial charge on any atom is 0.209 e. The molecule has 0 aliphatic heterocycles. The summed E-state index contributed by atoms with van der Waals surface area (Å²) in [5.74, 6) is 0.747. The minimum Gasteiger partial charge on any atom is -0.378 e. The molecule has 0 saturated heterocycles. The largest absolute Gasteiger partial charge is 0.378 e. The van der Waals surface area contributed by atoms with Crippen LogP contribution in [0.25, 0.3) is 0 Å². The van der Waals surface area contributed by atoms with Crippen molar-refractivity contribution in [1.82, 2.24) is 15.4 Å². The first-order valence-corrected chi connectivity index (χ1v) is 11.2. The molecule has 2 saturated carbocycles. The summed E-state index contributed by atoms with van der Waals surface area (Å²) in [7, 11) is -3.26. The van der Waals surface area contributed by atoms with Crippen LogP contribution in [0.1, 0.15) is 53.4 Å². The number of halogens is 1. The average molecular weight is 502 g/mol. The predicted molar refractivity (Wildman–Crippen MR) is 117 cm³/mol. The monoisotopic (exact) mass is 502 g/mol. The SMILES string of the molecule is CCNC(=NCC(C)(C)NS(C)(=O)=O)NC1CC(OCC)C12CCC2.I. The molecule has 2 aliphatic rings. The maximum absolute atomic E-state index is 11.5. The molecule has 9 heteroatoms. The van der Waals surface area contributed by atoms with Crippen molar-refractivity contribution in [3.8, 4) is 0 Å². The molecule has 1 spiro atoms. The molecule has 26 heavy (non-hydrogen) atoms. The minimum atomic E-state index is -3.26. The Morgan fingerprint density at radius 3 is 2.42 bits per heavy atom. The van der Waals surface area contributed by atoms with Crippen molar-refractivity contribution in [3.05, 3.63) is 0 Å². The van der Waals surface area contributed by atoms with Crippen LogP contribution in [-0.2, 0) is 14.8 Å². The smallest absolute Gasteiger partial charge is 0.209 e. The van der Waals surface area contributed by atoms with Gasteiger partial charge in [-0.2, -0.15) is 0 Å². The Morgan fingerprint density at radius 1 is 1.31 bits per heavy atom. The van der Waals surface area contributed by atoms with Crippen molar-refractivity contribution in [2.24, 2.45) is 10.4 Å². The van der Waals surface area contributed by atoms with Gasteiger partial charge in [0.25, 0.3) is 0 Å². The van der Waals surface area contributed by atoms with Crippen LogP contribution < -0.4 is 15.4 Å². The lowest BCUT2D eigenvalue weighted by atomic mass is 9.51. The van der Waals surface area contributed by atoms with E-state index in [4.69, 9.17) is 4.74 Å². The lowest BCUT2D eigenvalue weighted by Gasteiger charge is -2.61. The van der Waals surface area contributed by atoms with E-state index in [2.05, 4.69) is 27.3 Å². The molecule has 0 amide bonds. The third-order valence-electron chi connectivity index (χ3n) is 5.19. The number of aliphatic imine (C=N–C) groups is 1. The lowest BCUT2D eigenvalue weighted by molar-refractivity contribution is -0.168. The van der Waals surface area contributed by atoms with Crippen molar-refractivity contribution >= 4 is 40.0 Å². The van der Waals surface area contributed by atoms with Crippen molar-refractivity contribution in [3.63, 3.8) is 0 Å². The summed E-state index contributed by atoms with van der Waals surface area (Å²) < 4.78 is 31.5. The molecule has 7 nitrogen and oxygen atoms in total. The first-order chi connectivity index (χ1) is 11.6. The van der Waals surface area contributed by atoms with Gasteiger partial charge in [-0.3, -0.25) is 4.99 Å². The molecular weight excluding hydrogens is 467 g/mol. The standard InChI is InChI=1S/C17H34N4O3S.HI/c1-6-18-15(19-12-16(3,4)21-25(5,22)23)20-13-11-14(24-7-2)17(13)9-8-10-17;/h13-14,21H,6-12H2,1-5H3,(H2,18,19,20);1H. The Bertz CT molecular complexity index is 591. The van der Waals surface area contributed by atoms with Gasteiger partial charge in [0.05, 0.1) is 18.9 Å². The summed E-state index contributed by atoms with van der Waals surface area (Å²) in [6.45, 7) is 9.64. The third kappa shape index (κ3) is 5.93. The molecule has 0 bridgehead atoms. The van der Waals surface area contributed by atoms with Crippen LogP contribution >= 0.6 is 24.0 Å². The van der Waals surface area contributed by atoms with E-state index in [0.717, 1.165) is 25.5 Å². The number of nitrogens with zero attached hydrogens (tertiary/aromatic N) is 1. The van der Waals surface area contributed by atoms with E-state index in [1.807, 2.05) is 20.8 Å². The van der Waals surface area contributed by atoms with E-state index in [0.29, 0.717) is 18.7 Å². The van der Waals surface area contributed by atoms with Crippen LogP contribution in [0.15, 0.2) is 4.99 Å². The fraction of sp³-hybridized carbons (Fsp3) is 0.941. The van der Waals surface area contributed by atoms with Gasteiger partial charge in [0, 0.05) is 30.1 Å². The van der Waals surface area contributed by atoms with E-state index >= 15 is 0 Å². The van der Waals surface area contributed by atoms with E-state index in [9.17, 15) is 8.42 Å². The number of sulfonamides is 1. The van der Waals surface area contributed by atoms with E-state index in [-0.39, 0.29) is 29.4 Å². The van der Waals surface area contributed by atoms with Crippen molar-refractivity contribution < 1.29 is 13.2 Å². The molecule has 0 heterocycles. The highest BCUT2D eigenvalue weighted by molar-refractivity contribution is 14.0. The first-order valence-electron chi connectivity index (χ1n) is 9.27. The molecule has 2 atom stereocenters. The fourth-order valence-electron chi connectivity index (χ4n) is 3.94. The third-order valence-corrected chi connectivity index (χ3v) is 6.11. The van der Waals surface area contributed by atoms with Gasteiger partial charge >= 0.3 is 0 Å². The van der Waals surface area contributed by atoms with Gasteiger partial charge in [0.2, 0.25) is 10.0 Å². The summed E-state index contributed by atoms with van der Waals surface area (Å²) in [4.78, 5) is 4.61. The van der Waals surface area contributed by atoms with Gasteiger partial charge in [-0.25, -0.2) is 13.1 Å². The zero-order valence-corrected chi connectivity index (χ0v) is 19.7. The van der Waals surface area contributed by atoms with Crippen molar-refractivity contribution in [2.45, 2.75) is 71.1 Å². The van der Waals surface area contributed by atoms with Gasteiger partial charge in [-0.1, -0.05) is 6.42 Å². The number of guanidine groups is 1. The van der Waals surface area contributed by atoms with Gasteiger partial charge < -0.3 is 15.4 Å². The van der Waals surface area contributed by atoms with Crippen LogP contribution in [0.4, 0.5) is 0 Å². The number of hydrogen-bond acceptors (Lipinski definition) is 4. The van der Waals surface area contributed by atoms with Crippen LogP contribution in [-0.4, -0.2) is 58.0 Å². The highest BCUT2D eigenvalue weighted by Gasteiger charge is 2.59. The number of rotatable bonds is 8. The molecule has 0 aromatic heterocycles. The highest BCUT2D eigenvalue weighted by Crippen LogP contribution is 2.57. The Labute approximate surface area is 175 Å². The average Bonchev–Trinajstić information content (AvgIpc) is 2.39. The number of ether oxygens (including phenoxy) is 1. The van der Waals surface area contributed by atoms with Crippen molar-refractivity contribution in [1.29, 1.82) is 0 Å². The Balaban J connectivity index is 0.00000338. The molecular formula is C17H35IN4O3S. The Kier molecular flexibility index (Phi) is 8.62. The van der Waals surface area contributed by atoms with E-state index in [1.165, 1.54) is 25.5 Å². The predicted octanol–water partition coefficient (Wildman–Crippen LogP) is 1.83. The minimum absolute atomic E-state index is 0. The molecule has 2 aliphatic carbocycles. The molecule has 0 aromatic carbocycles. The summed E-state index contributed by atoms with van der Waals surface area (Å²) in [5, 5.41) is 6.82. The molecule has 2 fully saturated rings. The second-order valence-corrected chi connectivity index (χ2v) is 9.67. The Morgan fingerprint density at radius 2 is 1.96 bits per heavy atom. The second-order valence-electron chi connectivity index (χ2n) is 7.92. The fourth-order valence-corrected chi connectivity index (χ4v) is 5.00. The van der Waals surface area contributed by atoms with E-state index < -0.39 is 15.6 Å². The van der Waals surface area contributed by atoms with Crippen LogP contribution in [0, 0.1) is 5.41 Å². The van der Waals surface area contributed by atoms with Crippen LogP contribution in [0.2, 0.25) is 0 Å². The van der Waals surface area contributed by atoms with Crippen molar-refractivity contribution in [2.75, 3.05) is 26.0 Å². The molecule has 3 N–H and O–H groups in total.